The third-order valence-electron chi connectivity index (χ3n) is 4.93. The molecule has 0 aliphatic carbocycles. The number of hydrogen-bond donors (Lipinski definition) is 2. The molecule has 2 N–H and O–H groups in total. The third kappa shape index (κ3) is 4.93. The fraction of sp³-hybridized carbons (Fsp3) is 0.208. The molecule has 0 amide bonds. The second kappa shape index (κ2) is 9.94. The Hall–Kier alpha value is -2.60. The smallest absolute Gasteiger partial charge is 0.147 e. The Morgan fingerprint density at radius 2 is 1.90 bits per heavy atom. The van der Waals surface area contributed by atoms with Crippen molar-refractivity contribution in [2.24, 2.45) is 0 Å². The number of benzene rings is 3. The molecule has 0 bridgehead atoms. The van der Waals surface area contributed by atoms with Crippen molar-refractivity contribution >= 4 is 39.0 Å². The fourth-order valence-electron chi connectivity index (χ4n) is 3.42. The highest BCUT2D eigenvalue weighted by Gasteiger charge is 2.08. The van der Waals surface area contributed by atoms with E-state index in [1.165, 1.54) is 27.2 Å². The van der Waals surface area contributed by atoms with E-state index in [-0.39, 0.29) is 0 Å². The van der Waals surface area contributed by atoms with Gasteiger partial charge in [0.1, 0.15) is 11.6 Å². The summed E-state index contributed by atoms with van der Waals surface area (Å²) in [5.74, 6) is 1.81. The molecule has 4 nitrogen and oxygen atoms in total. The highest BCUT2D eigenvalue weighted by molar-refractivity contribution is 7.13. The molecule has 0 aliphatic heterocycles. The summed E-state index contributed by atoms with van der Waals surface area (Å²) in [5, 5.41) is 8.87. The van der Waals surface area contributed by atoms with Crippen molar-refractivity contribution in [1.29, 1.82) is 0 Å². The van der Waals surface area contributed by atoms with Crippen LogP contribution in [-0.2, 0) is 6.54 Å². The van der Waals surface area contributed by atoms with Crippen LogP contribution >= 0.6 is 23.1 Å². The van der Waals surface area contributed by atoms with Crippen LogP contribution in [0.25, 0.3) is 21.2 Å². The van der Waals surface area contributed by atoms with Crippen molar-refractivity contribution in [1.82, 2.24) is 9.69 Å². The molecule has 0 saturated carbocycles. The van der Waals surface area contributed by atoms with Gasteiger partial charge in [-0.3, -0.25) is 0 Å². The van der Waals surface area contributed by atoms with Gasteiger partial charge in [-0.15, -0.1) is 0 Å². The summed E-state index contributed by atoms with van der Waals surface area (Å²) in [7, 11) is 1.68. The van der Waals surface area contributed by atoms with Crippen molar-refractivity contribution in [3.05, 3.63) is 77.3 Å². The van der Waals surface area contributed by atoms with Gasteiger partial charge in [-0.2, -0.15) is 4.37 Å². The third-order valence-corrected chi connectivity index (χ3v) is 5.99. The van der Waals surface area contributed by atoms with Gasteiger partial charge in [-0.25, -0.2) is 0 Å². The van der Waals surface area contributed by atoms with Crippen LogP contribution in [0.15, 0.2) is 66.7 Å². The average Bonchev–Trinajstić information content (AvgIpc) is 3.19. The Labute approximate surface area is 186 Å². The molecule has 0 saturated heterocycles. The van der Waals surface area contributed by atoms with Gasteiger partial charge in [0.05, 0.1) is 11.8 Å². The molecule has 1 aromatic heterocycles. The van der Waals surface area contributed by atoms with E-state index in [4.69, 9.17) is 16.3 Å². The normalized spacial score (nSPS) is 11.0. The molecule has 1 heterocycles. The van der Waals surface area contributed by atoms with E-state index in [1.807, 2.05) is 24.3 Å². The zero-order chi connectivity index (χ0) is 20.8. The molecule has 4 rings (SSSR count). The van der Waals surface area contributed by atoms with Crippen LogP contribution in [0.5, 0.6) is 5.75 Å². The lowest BCUT2D eigenvalue weighted by atomic mass is 10.0. The quantitative estimate of drug-likeness (QED) is 0.305. The van der Waals surface area contributed by atoms with Crippen molar-refractivity contribution < 1.29 is 4.74 Å². The van der Waals surface area contributed by atoms with Crippen LogP contribution < -0.4 is 15.4 Å². The number of ether oxygens (including phenoxy) is 1. The summed E-state index contributed by atoms with van der Waals surface area (Å²) in [5.41, 5.74) is 3.34. The van der Waals surface area contributed by atoms with E-state index >= 15 is 0 Å². The first-order valence-electron chi connectivity index (χ1n) is 9.96. The van der Waals surface area contributed by atoms with E-state index in [2.05, 4.69) is 57.5 Å². The summed E-state index contributed by atoms with van der Waals surface area (Å²) in [6.07, 6.45) is 1.02. The Kier molecular flexibility index (Phi) is 6.84. The number of aromatic nitrogens is 1. The van der Waals surface area contributed by atoms with E-state index in [1.54, 1.807) is 7.11 Å². The summed E-state index contributed by atoms with van der Waals surface area (Å²) in [6.45, 7) is 2.64. The van der Waals surface area contributed by atoms with Crippen LogP contribution in [0.1, 0.15) is 12.0 Å². The predicted octanol–water partition coefficient (Wildman–Crippen LogP) is 6.22. The zero-order valence-electron chi connectivity index (χ0n) is 16.8. The van der Waals surface area contributed by atoms with Crippen molar-refractivity contribution in [2.75, 3.05) is 25.5 Å². The number of hydrogen-bond acceptors (Lipinski definition) is 5. The number of halogens is 1. The molecular weight excluding hydrogens is 414 g/mol. The van der Waals surface area contributed by atoms with Crippen LogP contribution in [0, 0.1) is 0 Å². The first kappa shape index (κ1) is 20.7. The van der Waals surface area contributed by atoms with E-state index in [0.29, 0.717) is 5.02 Å². The van der Waals surface area contributed by atoms with Crippen LogP contribution in [0.3, 0.4) is 0 Å². The van der Waals surface area contributed by atoms with Gasteiger partial charge < -0.3 is 15.4 Å². The summed E-state index contributed by atoms with van der Waals surface area (Å²) in [4.78, 5) is 0. The standard InChI is InChI=1S/C24H24ClN3OS/c1-29-22-11-10-19(25)15-21(22)18-7-4-6-17(14-18)16-26-12-5-13-27-24-20-8-2-3-9-23(20)30-28-24/h2-4,6-11,14-15,26H,5,12-13,16H2,1H3,(H,27,28). The highest BCUT2D eigenvalue weighted by Crippen LogP contribution is 2.33. The van der Waals surface area contributed by atoms with Gasteiger partial charge in [-0.05, 0) is 72.0 Å². The number of anilines is 1. The topological polar surface area (TPSA) is 46.2 Å². The van der Waals surface area contributed by atoms with Gasteiger partial charge >= 0.3 is 0 Å². The lowest BCUT2D eigenvalue weighted by Crippen LogP contribution is -2.17. The van der Waals surface area contributed by atoms with Gasteiger partial charge in [0.15, 0.2) is 0 Å². The summed E-state index contributed by atoms with van der Waals surface area (Å²) >= 11 is 7.72. The molecule has 0 aliphatic rings. The lowest BCUT2D eigenvalue weighted by Gasteiger charge is -2.11. The monoisotopic (exact) mass is 437 g/mol. The zero-order valence-corrected chi connectivity index (χ0v) is 18.4. The first-order chi connectivity index (χ1) is 14.7. The van der Waals surface area contributed by atoms with Gasteiger partial charge in [0, 0.05) is 29.1 Å². The van der Waals surface area contributed by atoms with Crippen LogP contribution in [0.4, 0.5) is 5.82 Å². The van der Waals surface area contributed by atoms with E-state index < -0.39 is 0 Å². The minimum atomic E-state index is 0.703. The largest absolute Gasteiger partial charge is 0.496 e. The number of nitrogens with zero attached hydrogens (tertiary/aromatic N) is 1. The number of methoxy groups -OCH3 is 1. The van der Waals surface area contributed by atoms with E-state index in [9.17, 15) is 0 Å². The van der Waals surface area contributed by atoms with Crippen LogP contribution in [-0.4, -0.2) is 24.6 Å². The van der Waals surface area contributed by atoms with Gasteiger partial charge in [0.25, 0.3) is 0 Å². The second-order valence-corrected chi connectivity index (χ2v) is 8.27. The fourth-order valence-corrected chi connectivity index (χ4v) is 4.35. The maximum absolute atomic E-state index is 6.19. The molecule has 6 heteroatoms. The predicted molar refractivity (Wildman–Crippen MR) is 128 cm³/mol. The SMILES string of the molecule is COc1ccc(Cl)cc1-c1cccc(CNCCCNc2nsc3ccccc23)c1. The Bertz CT molecular complexity index is 1130. The molecule has 0 spiro atoms. The number of nitrogens with one attached hydrogen (secondary N) is 2. The molecule has 0 radical (unpaired) electrons. The maximum atomic E-state index is 6.19. The highest BCUT2D eigenvalue weighted by atomic mass is 35.5. The molecular formula is C24H24ClN3OS. The van der Waals surface area contributed by atoms with Crippen molar-refractivity contribution in [3.8, 4) is 16.9 Å². The Balaban J connectivity index is 1.28. The lowest BCUT2D eigenvalue weighted by molar-refractivity contribution is 0.416. The van der Waals surface area contributed by atoms with Crippen molar-refractivity contribution in [3.63, 3.8) is 0 Å². The van der Waals surface area contributed by atoms with Gasteiger partial charge in [0.2, 0.25) is 0 Å². The van der Waals surface area contributed by atoms with E-state index in [0.717, 1.165) is 48.7 Å². The first-order valence-corrected chi connectivity index (χ1v) is 11.1. The molecule has 3 aromatic carbocycles. The molecule has 0 fully saturated rings. The average molecular weight is 438 g/mol. The van der Waals surface area contributed by atoms with Crippen molar-refractivity contribution in [2.45, 2.75) is 13.0 Å². The minimum absolute atomic E-state index is 0.703. The molecule has 154 valence electrons. The summed E-state index contributed by atoms with van der Waals surface area (Å²) in [6, 6.07) is 22.5. The molecule has 30 heavy (non-hydrogen) atoms. The molecule has 4 aromatic rings. The summed E-state index contributed by atoms with van der Waals surface area (Å²) < 4.78 is 11.2. The molecule has 0 atom stereocenters. The number of fused-ring (bicyclic) bond motifs is 1. The maximum Gasteiger partial charge on any atom is 0.147 e. The van der Waals surface area contributed by atoms with Gasteiger partial charge in [-0.1, -0.05) is 41.9 Å². The Morgan fingerprint density at radius 1 is 1.00 bits per heavy atom. The Morgan fingerprint density at radius 3 is 2.80 bits per heavy atom. The number of rotatable bonds is 9. The van der Waals surface area contributed by atoms with Crippen LogP contribution in [0.2, 0.25) is 5.02 Å². The second-order valence-electron chi connectivity index (χ2n) is 7.03. The minimum Gasteiger partial charge on any atom is -0.496 e. The molecule has 0 unspecified atom stereocenters.